The minimum atomic E-state index is -4.41. The summed E-state index contributed by atoms with van der Waals surface area (Å²) in [5.74, 6) is 0.198. The van der Waals surface area contributed by atoms with Crippen molar-refractivity contribution in [2.75, 3.05) is 11.9 Å². The molecular formula is C11H12F3N5S. The van der Waals surface area contributed by atoms with Gasteiger partial charge in [-0.1, -0.05) is 6.92 Å². The lowest BCUT2D eigenvalue weighted by Crippen LogP contribution is -2.09. The lowest BCUT2D eigenvalue weighted by molar-refractivity contribution is -0.137. The fourth-order valence-corrected chi connectivity index (χ4v) is 2.13. The molecule has 0 aliphatic carbocycles. The zero-order valence-corrected chi connectivity index (χ0v) is 11.3. The number of alkyl halides is 3. The van der Waals surface area contributed by atoms with Crippen LogP contribution < -0.4 is 5.32 Å². The minimum Gasteiger partial charge on any atom is -0.370 e. The molecule has 0 atom stereocenters. The van der Waals surface area contributed by atoms with Crippen molar-refractivity contribution in [3.05, 3.63) is 24.0 Å². The number of halogens is 3. The van der Waals surface area contributed by atoms with Gasteiger partial charge in [0, 0.05) is 6.54 Å². The van der Waals surface area contributed by atoms with Crippen molar-refractivity contribution in [2.45, 2.75) is 29.7 Å². The third-order valence-corrected chi connectivity index (χ3v) is 3.09. The summed E-state index contributed by atoms with van der Waals surface area (Å²) in [6.07, 6.45) is -2.34. The molecule has 2 aromatic heterocycles. The van der Waals surface area contributed by atoms with Crippen molar-refractivity contribution in [1.29, 1.82) is 0 Å². The first kappa shape index (κ1) is 14.6. The summed E-state index contributed by atoms with van der Waals surface area (Å²) in [6.45, 7) is 2.48. The van der Waals surface area contributed by atoms with E-state index in [2.05, 4.69) is 25.5 Å². The molecule has 0 radical (unpaired) electrons. The molecule has 2 N–H and O–H groups in total. The predicted molar refractivity (Wildman–Crippen MR) is 68.5 cm³/mol. The standard InChI is InChI=1S/C11H12F3N5S/c1-2-3-15-8-4-7(11(12,13)14)5-9(18-8)20-10-16-6-17-19-10/h4-6H,2-3H2,1H3,(H,15,18)(H,16,17,19). The molecule has 2 heterocycles. The number of hydrogen-bond acceptors (Lipinski definition) is 5. The summed E-state index contributed by atoms with van der Waals surface area (Å²) < 4.78 is 38.5. The van der Waals surface area contributed by atoms with Crippen LogP contribution in [0.3, 0.4) is 0 Å². The maximum absolute atomic E-state index is 12.8. The number of rotatable bonds is 5. The normalized spacial score (nSPS) is 11.6. The van der Waals surface area contributed by atoms with E-state index in [0.717, 1.165) is 30.3 Å². The maximum Gasteiger partial charge on any atom is 0.416 e. The third-order valence-electron chi connectivity index (χ3n) is 2.28. The zero-order chi connectivity index (χ0) is 14.6. The molecule has 0 bridgehead atoms. The van der Waals surface area contributed by atoms with Crippen molar-refractivity contribution >= 4 is 17.6 Å². The molecule has 108 valence electrons. The molecule has 0 unspecified atom stereocenters. The molecule has 0 aromatic carbocycles. The van der Waals surface area contributed by atoms with Crippen LogP contribution in [0.2, 0.25) is 0 Å². The largest absolute Gasteiger partial charge is 0.416 e. The Kier molecular flexibility index (Phi) is 4.48. The molecule has 20 heavy (non-hydrogen) atoms. The molecule has 0 spiro atoms. The Hall–Kier alpha value is -1.77. The number of aromatic amines is 1. The Morgan fingerprint density at radius 1 is 1.35 bits per heavy atom. The third kappa shape index (κ3) is 3.86. The number of hydrogen-bond donors (Lipinski definition) is 2. The summed E-state index contributed by atoms with van der Waals surface area (Å²) >= 11 is 0.992. The van der Waals surface area contributed by atoms with Gasteiger partial charge in [0.15, 0.2) is 5.16 Å². The van der Waals surface area contributed by atoms with Gasteiger partial charge in [-0.2, -0.15) is 18.3 Å². The molecule has 5 nitrogen and oxygen atoms in total. The Labute approximate surface area is 117 Å². The second-order valence-corrected chi connectivity index (χ2v) is 4.91. The Bertz CT molecular complexity index is 556. The first-order valence-corrected chi connectivity index (χ1v) is 6.67. The van der Waals surface area contributed by atoms with Crippen molar-refractivity contribution in [3.8, 4) is 0 Å². The highest BCUT2D eigenvalue weighted by atomic mass is 32.2. The number of aromatic nitrogens is 4. The van der Waals surface area contributed by atoms with E-state index in [0.29, 0.717) is 11.7 Å². The maximum atomic E-state index is 12.8. The first-order chi connectivity index (χ1) is 9.49. The number of H-pyrrole nitrogens is 1. The quantitative estimate of drug-likeness (QED) is 0.888. The van der Waals surface area contributed by atoms with Gasteiger partial charge in [-0.3, -0.25) is 5.10 Å². The van der Waals surface area contributed by atoms with E-state index in [1.807, 2.05) is 6.92 Å². The van der Waals surface area contributed by atoms with E-state index in [4.69, 9.17) is 0 Å². The van der Waals surface area contributed by atoms with Crippen LogP contribution in [0.4, 0.5) is 19.0 Å². The highest BCUT2D eigenvalue weighted by Crippen LogP contribution is 2.34. The summed E-state index contributed by atoms with van der Waals surface area (Å²) in [4.78, 5) is 7.97. The monoisotopic (exact) mass is 303 g/mol. The van der Waals surface area contributed by atoms with Crippen LogP contribution in [0.5, 0.6) is 0 Å². The smallest absolute Gasteiger partial charge is 0.370 e. The van der Waals surface area contributed by atoms with Gasteiger partial charge in [0.1, 0.15) is 17.2 Å². The topological polar surface area (TPSA) is 66.5 Å². The van der Waals surface area contributed by atoms with E-state index in [1.54, 1.807) is 0 Å². The minimum absolute atomic E-state index is 0.198. The van der Waals surface area contributed by atoms with Gasteiger partial charge in [-0.25, -0.2) is 9.97 Å². The van der Waals surface area contributed by atoms with Crippen molar-refractivity contribution in [2.24, 2.45) is 0 Å². The first-order valence-electron chi connectivity index (χ1n) is 5.85. The van der Waals surface area contributed by atoms with E-state index >= 15 is 0 Å². The average molecular weight is 303 g/mol. The molecule has 0 saturated carbocycles. The van der Waals surface area contributed by atoms with Gasteiger partial charge in [-0.05, 0) is 30.3 Å². The predicted octanol–water partition coefficient (Wildman–Crippen LogP) is 3.19. The Balaban J connectivity index is 2.29. The van der Waals surface area contributed by atoms with Gasteiger partial charge in [-0.15, -0.1) is 0 Å². The second-order valence-electron chi connectivity index (χ2n) is 3.90. The Morgan fingerprint density at radius 3 is 2.75 bits per heavy atom. The van der Waals surface area contributed by atoms with E-state index in [1.165, 1.54) is 6.33 Å². The summed E-state index contributed by atoms with van der Waals surface area (Å²) in [6, 6.07) is 1.99. The second kappa shape index (κ2) is 6.12. The molecule has 2 rings (SSSR count). The summed E-state index contributed by atoms with van der Waals surface area (Å²) in [5, 5.41) is 9.65. The van der Waals surface area contributed by atoms with E-state index in [-0.39, 0.29) is 10.8 Å². The number of pyridine rings is 1. The van der Waals surface area contributed by atoms with Gasteiger partial charge >= 0.3 is 6.18 Å². The number of nitrogens with zero attached hydrogens (tertiary/aromatic N) is 3. The molecule has 0 amide bonds. The fraction of sp³-hybridized carbons (Fsp3) is 0.364. The molecule has 0 aliphatic rings. The lowest BCUT2D eigenvalue weighted by Gasteiger charge is -2.11. The molecule has 0 saturated heterocycles. The highest BCUT2D eigenvalue weighted by Gasteiger charge is 2.31. The van der Waals surface area contributed by atoms with E-state index < -0.39 is 11.7 Å². The molecule has 0 aliphatic heterocycles. The van der Waals surface area contributed by atoms with Crippen LogP contribution in [0, 0.1) is 0 Å². The molecule has 0 fully saturated rings. The molecular weight excluding hydrogens is 291 g/mol. The number of anilines is 1. The van der Waals surface area contributed by atoms with Crippen LogP contribution in [0.15, 0.2) is 28.6 Å². The average Bonchev–Trinajstić information content (AvgIpc) is 2.88. The Morgan fingerprint density at radius 2 is 2.15 bits per heavy atom. The molecule has 9 heteroatoms. The number of nitrogens with one attached hydrogen (secondary N) is 2. The van der Waals surface area contributed by atoms with Crippen LogP contribution in [0.25, 0.3) is 0 Å². The van der Waals surface area contributed by atoms with Crippen LogP contribution in [0.1, 0.15) is 18.9 Å². The van der Waals surface area contributed by atoms with Crippen molar-refractivity contribution in [1.82, 2.24) is 20.2 Å². The van der Waals surface area contributed by atoms with Gasteiger partial charge in [0.25, 0.3) is 0 Å². The molecule has 2 aromatic rings. The van der Waals surface area contributed by atoms with Gasteiger partial charge in [0.2, 0.25) is 0 Å². The summed E-state index contributed by atoms with van der Waals surface area (Å²) in [5.41, 5.74) is -0.742. The van der Waals surface area contributed by atoms with Crippen molar-refractivity contribution in [3.63, 3.8) is 0 Å². The zero-order valence-electron chi connectivity index (χ0n) is 10.5. The summed E-state index contributed by atoms with van der Waals surface area (Å²) in [7, 11) is 0. The highest BCUT2D eigenvalue weighted by molar-refractivity contribution is 7.99. The van der Waals surface area contributed by atoms with Crippen LogP contribution in [-0.2, 0) is 6.18 Å². The van der Waals surface area contributed by atoms with E-state index in [9.17, 15) is 13.2 Å². The van der Waals surface area contributed by atoms with Gasteiger partial charge in [0.05, 0.1) is 5.56 Å². The fourth-order valence-electron chi connectivity index (χ4n) is 1.41. The SMILES string of the molecule is CCCNc1cc(C(F)(F)F)cc(Sc2ncn[nH]2)n1. The van der Waals surface area contributed by atoms with Crippen LogP contribution in [-0.4, -0.2) is 26.7 Å². The van der Waals surface area contributed by atoms with Crippen LogP contribution >= 0.6 is 11.8 Å². The lowest BCUT2D eigenvalue weighted by atomic mass is 10.2. The van der Waals surface area contributed by atoms with Crippen molar-refractivity contribution < 1.29 is 13.2 Å². The van der Waals surface area contributed by atoms with Gasteiger partial charge < -0.3 is 5.32 Å².